The Labute approximate surface area is 388 Å². The molecule has 1 saturated heterocycles. The van der Waals surface area contributed by atoms with E-state index in [9.17, 15) is 43.5 Å². The molecule has 1 heterocycles. The lowest BCUT2D eigenvalue weighted by molar-refractivity contribution is -0.136. The summed E-state index contributed by atoms with van der Waals surface area (Å²) in [5.74, 6) is -6.53. The molecular weight excluding hydrogens is 885 g/mol. The molecule has 0 aliphatic carbocycles. The standard InChI is InChI=1S/C43H63Cl2N11O9/c1-23(2)19-33-41(63)53-29(11-15-46)37(59)52-31(13-17-48)40(62)56-36(24(3)57)43(65)49-18-14-32(50-35(58)22-26-9-10-27(44)28(45)20-26)39(61)51-30(12-16-47)38(60)55-34(42(64)54-33)21-25-7-5-4-6-8-25/h4-10,20,23-24,29-34,36,57H,11-19,21-22,46-48H2,1-3H3,(H,49,65)(H,50,58)(H,51,61)(H,52,59)(H,53,63)(H,54,64)(H,55,60)(H,56,62)/t24-,29+,30+,31+,32+,33+,34-,36+/m1/s1. The van der Waals surface area contributed by atoms with E-state index in [1.165, 1.54) is 19.1 Å². The molecule has 0 saturated carbocycles. The molecule has 0 spiro atoms. The first-order chi connectivity index (χ1) is 30.9. The van der Waals surface area contributed by atoms with Gasteiger partial charge in [-0.05, 0) is 87.8 Å². The fourth-order valence-corrected chi connectivity index (χ4v) is 7.21. The van der Waals surface area contributed by atoms with E-state index in [1.807, 2.05) is 13.8 Å². The van der Waals surface area contributed by atoms with Crippen LogP contribution in [-0.4, -0.2) is 127 Å². The molecule has 15 N–H and O–H groups in total. The highest BCUT2D eigenvalue weighted by molar-refractivity contribution is 6.42. The van der Waals surface area contributed by atoms with Gasteiger partial charge in [0.25, 0.3) is 0 Å². The molecule has 3 rings (SSSR count). The quantitative estimate of drug-likeness (QED) is 0.0996. The zero-order chi connectivity index (χ0) is 48.2. The maximum absolute atomic E-state index is 14.2. The number of aliphatic hydroxyl groups is 1. The van der Waals surface area contributed by atoms with Crippen molar-refractivity contribution in [3.8, 4) is 0 Å². The lowest BCUT2D eigenvalue weighted by atomic mass is 10.00. The third-order valence-corrected chi connectivity index (χ3v) is 11.1. The molecule has 65 heavy (non-hydrogen) atoms. The van der Waals surface area contributed by atoms with E-state index < -0.39 is 95.7 Å². The van der Waals surface area contributed by atoms with Crippen LogP contribution in [0.15, 0.2) is 48.5 Å². The van der Waals surface area contributed by atoms with Crippen LogP contribution in [0.2, 0.25) is 10.0 Å². The number of rotatable bonds is 14. The van der Waals surface area contributed by atoms with Crippen molar-refractivity contribution in [2.75, 3.05) is 26.2 Å². The maximum Gasteiger partial charge on any atom is 0.245 e. The molecule has 0 bridgehead atoms. The van der Waals surface area contributed by atoms with Crippen LogP contribution in [0.5, 0.6) is 0 Å². The molecule has 0 radical (unpaired) electrons. The molecule has 22 heteroatoms. The van der Waals surface area contributed by atoms with E-state index in [-0.39, 0.29) is 87.1 Å². The molecule has 8 atom stereocenters. The van der Waals surface area contributed by atoms with Gasteiger partial charge in [-0.3, -0.25) is 38.4 Å². The average Bonchev–Trinajstić information content (AvgIpc) is 3.24. The Morgan fingerprint density at radius 2 is 1.14 bits per heavy atom. The number of nitrogens with one attached hydrogen (secondary N) is 8. The van der Waals surface area contributed by atoms with Crippen molar-refractivity contribution >= 4 is 70.5 Å². The van der Waals surface area contributed by atoms with Gasteiger partial charge in [-0.2, -0.15) is 0 Å². The Balaban J connectivity index is 2.10. The first-order valence-electron chi connectivity index (χ1n) is 21.5. The summed E-state index contributed by atoms with van der Waals surface area (Å²) in [7, 11) is 0. The number of aliphatic hydroxyl groups excluding tert-OH is 1. The van der Waals surface area contributed by atoms with Gasteiger partial charge in [-0.25, -0.2) is 0 Å². The minimum atomic E-state index is -1.57. The van der Waals surface area contributed by atoms with E-state index in [0.717, 1.165) is 0 Å². The molecule has 20 nitrogen and oxygen atoms in total. The van der Waals surface area contributed by atoms with Gasteiger partial charge in [0, 0.05) is 13.0 Å². The lowest BCUT2D eigenvalue weighted by Gasteiger charge is -2.28. The molecule has 2 aromatic rings. The Kier molecular flexibility index (Phi) is 22.6. The normalized spacial score (nSPS) is 24.0. The van der Waals surface area contributed by atoms with Gasteiger partial charge in [-0.1, -0.05) is 73.4 Å². The topological polar surface area (TPSA) is 331 Å². The predicted molar refractivity (Wildman–Crippen MR) is 244 cm³/mol. The molecule has 2 aromatic carbocycles. The first-order valence-corrected chi connectivity index (χ1v) is 22.3. The average molecular weight is 949 g/mol. The van der Waals surface area contributed by atoms with Crippen molar-refractivity contribution in [3.05, 3.63) is 69.7 Å². The van der Waals surface area contributed by atoms with Crippen molar-refractivity contribution in [3.63, 3.8) is 0 Å². The van der Waals surface area contributed by atoms with Crippen LogP contribution in [0.25, 0.3) is 0 Å². The summed E-state index contributed by atoms with van der Waals surface area (Å²) in [5.41, 5.74) is 18.6. The van der Waals surface area contributed by atoms with Crippen LogP contribution in [0.1, 0.15) is 64.0 Å². The number of nitrogens with two attached hydrogens (primary N) is 3. The molecule has 8 amide bonds. The van der Waals surface area contributed by atoms with E-state index >= 15 is 0 Å². The van der Waals surface area contributed by atoms with Crippen molar-refractivity contribution in [1.29, 1.82) is 0 Å². The largest absolute Gasteiger partial charge is 0.391 e. The fourth-order valence-electron chi connectivity index (χ4n) is 6.89. The van der Waals surface area contributed by atoms with E-state index in [0.29, 0.717) is 11.1 Å². The summed E-state index contributed by atoms with van der Waals surface area (Å²) < 4.78 is 0. The van der Waals surface area contributed by atoms with Gasteiger partial charge < -0.3 is 64.8 Å². The second-order valence-corrected chi connectivity index (χ2v) is 17.0. The van der Waals surface area contributed by atoms with Gasteiger partial charge in [0.15, 0.2) is 0 Å². The van der Waals surface area contributed by atoms with Gasteiger partial charge in [-0.15, -0.1) is 0 Å². The van der Waals surface area contributed by atoms with Gasteiger partial charge in [0.1, 0.15) is 42.3 Å². The molecule has 1 aliphatic rings. The minimum Gasteiger partial charge on any atom is -0.391 e. The third kappa shape index (κ3) is 17.8. The van der Waals surface area contributed by atoms with Gasteiger partial charge in [0.2, 0.25) is 47.3 Å². The number of carbonyl (C=O) groups excluding carboxylic acids is 8. The minimum absolute atomic E-state index is 0.0406. The van der Waals surface area contributed by atoms with Gasteiger partial charge in [0.05, 0.1) is 22.6 Å². The maximum atomic E-state index is 14.2. The summed E-state index contributed by atoms with van der Waals surface area (Å²) in [4.78, 5) is 111. The molecule has 1 aliphatic heterocycles. The molecule has 0 unspecified atom stereocenters. The van der Waals surface area contributed by atoms with Crippen molar-refractivity contribution in [2.24, 2.45) is 23.1 Å². The summed E-state index contributed by atoms with van der Waals surface area (Å²) in [6.07, 6.45) is -2.20. The second kappa shape index (κ2) is 27.2. The van der Waals surface area contributed by atoms with Crippen LogP contribution in [0.3, 0.4) is 0 Å². The first kappa shape index (κ1) is 54.0. The number of amides is 8. The summed E-state index contributed by atoms with van der Waals surface area (Å²) in [6, 6.07) is 3.83. The predicted octanol–water partition coefficient (Wildman–Crippen LogP) is -1.83. The lowest BCUT2D eigenvalue weighted by Crippen LogP contribution is -2.61. The highest BCUT2D eigenvalue weighted by atomic mass is 35.5. The number of benzene rings is 2. The highest BCUT2D eigenvalue weighted by Gasteiger charge is 2.35. The van der Waals surface area contributed by atoms with Crippen molar-refractivity contribution in [1.82, 2.24) is 42.5 Å². The van der Waals surface area contributed by atoms with Crippen LogP contribution in [-0.2, 0) is 51.2 Å². The summed E-state index contributed by atoms with van der Waals surface area (Å²) in [6.45, 7) is 4.34. The van der Waals surface area contributed by atoms with Gasteiger partial charge >= 0.3 is 0 Å². The van der Waals surface area contributed by atoms with Crippen LogP contribution in [0.4, 0.5) is 0 Å². The van der Waals surface area contributed by atoms with E-state index in [1.54, 1.807) is 36.4 Å². The highest BCUT2D eigenvalue weighted by Crippen LogP contribution is 2.23. The van der Waals surface area contributed by atoms with Crippen molar-refractivity contribution in [2.45, 2.75) is 114 Å². The van der Waals surface area contributed by atoms with Crippen LogP contribution in [0, 0.1) is 5.92 Å². The number of carbonyl (C=O) groups is 8. The van der Waals surface area contributed by atoms with E-state index in [2.05, 4.69) is 42.5 Å². The summed E-state index contributed by atoms with van der Waals surface area (Å²) >= 11 is 12.2. The Morgan fingerprint density at radius 3 is 1.66 bits per heavy atom. The smallest absolute Gasteiger partial charge is 0.245 e. The third-order valence-electron chi connectivity index (χ3n) is 10.3. The second-order valence-electron chi connectivity index (χ2n) is 16.2. The molecule has 0 aromatic heterocycles. The summed E-state index contributed by atoms with van der Waals surface area (Å²) in [5, 5.41) is 31.9. The van der Waals surface area contributed by atoms with Crippen molar-refractivity contribution < 1.29 is 43.5 Å². The molecule has 358 valence electrons. The Hall–Kier alpha value is -5.38. The monoisotopic (exact) mass is 947 g/mol. The Morgan fingerprint density at radius 1 is 0.646 bits per heavy atom. The Bertz CT molecular complexity index is 1960. The number of hydrogen-bond acceptors (Lipinski definition) is 12. The fraction of sp³-hybridized carbons (Fsp3) is 0.535. The molecule has 1 fully saturated rings. The number of halogens is 2. The SMILES string of the molecule is CC(C)C[C@@H]1NC(=O)[C@@H](Cc2ccccc2)NC(=O)[C@H](CCN)NC(=O)[C@@H](NC(=O)Cc2ccc(Cl)c(Cl)c2)CCNC(=O)[C@H]([C@@H](C)O)NC(=O)[C@H](CCN)NC(=O)[C@H](CCN)NC1=O. The molecular formula is C43H63Cl2N11O9. The number of hydrogen-bond donors (Lipinski definition) is 12. The van der Waals surface area contributed by atoms with Crippen LogP contribution >= 0.6 is 23.2 Å². The van der Waals surface area contributed by atoms with E-state index in [4.69, 9.17) is 40.4 Å². The zero-order valence-corrected chi connectivity index (χ0v) is 38.3. The zero-order valence-electron chi connectivity index (χ0n) is 36.8. The van der Waals surface area contributed by atoms with Crippen LogP contribution < -0.4 is 59.7 Å².